The number of nitrogens with zero attached hydrogens (tertiary/aromatic N) is 4. The van der Waals surface area contributed by atoms with E-state index in [1.165, 1.54) is 28.1 Å². The molecule has 3 heterocycles. The quantitative estimate of drug-likeness (QED) is 0.0896. The zero-order valence-electron chi connectivity index (χ0n) is 32.4. The Hall–Kier alpha value is -5.86. The smallest absolute Gasteiger partial charge is 0.363 e. The van der Waals surface area contributed by atoms with Gasteiger partial charge >= 0.3 is 13.5 Å². The predicted octanol–water partition coefficient (Wildman–Crippen LogP) is 5.71. The first-order chi connectivity index (χ1) is 27.7. The molecule has 2 aliphatic rings. The number of halogens is 2. The first-order valence-electron chi connectivity index (χ1n) is 18.6. The summed E-state index contributed by atoms with van der Waals surface area (Å²) in [5.74, 6) is -4.86. The highest BCUT2D eigenvalue weighted by molar-refractivity contribution is 7.58. The molecule has 17 heteroatoms. The van der Waals surface area contributed by atoms with Crippen molar-refractivity contribution in [3.05, 3.63) is 129 Å². The summed E-state index contributed by atoms with van der Waals surface area (Å²) in [4.78, 5) is 56.6. The van der Waals surface area contributed by atoms with Crippen molar-refractivity contribution in [2.24, 2.45) is 10.7 Å². The van der Waals surface area contributed by atoms with Crippen LogP contribution in [0, 0.1) is 17.6 Å². The van der Waals surface area contributed by atoms with Crippen molar-refractivity contribution in [1.82, 2.24) is 14.9 Å². The molecule has 1 N–H and O–H groups in total. The maximum absolute atomic E-state index is 14.7. The van der Waals surface area contributed by atoms with Crippen molar-refractivity contribution >= 4 is 31.5 Å². The van der Waals surface area contributed by atoms with Crippen LogP contribution in [0.5, 0.6) is 11.5 Å². The number of aromatic nitrogens is 1. The van der Waals surface area contributed by atoms with Crippen LogP contribution in [-0.4, -0.2) is 78.3 Å². The number of fused-ring (bicyclic) bond motifs is 1. The molecule has 3 aromatic carbocycles. The third-order valence-electron chi connectivity index (χ3n) is 9.70. The fraction of sp³-hybridized carbons (Fsp3) is 0.341. The maximum Gasteiger partial charge on any atom is 0.363 e. The van der Waals surface area contributed by atoms with Crippen LogP contribution in [0.25, 0.3) is 0 Å². The van der Waals surface area contributed by atoms with Crippen molar-refractivity contribution < 1.29 is 46.5 Å². The highest BCUT2D eigenvalue weighted by Gasteiger charge is 2.53. The molecule has 58 heavy (non-hydrogen) atoms. The van der Waals surface area contributed by atoms with E-state index in [0.29, 0.717) is 11.6 Å². The van der Waals surface area contributed by atoms with Gasteiger partial charge in [-0.25, -0.2) is 13.5 Å². The van der Waals surface area contributed by atoms with Crippen LogP contribution in [0.4, 0.5) is 8.78 Å². The molecule has 0 radical (unpaired) electrons. The van der Waals surface area contributed by atoms with E-state index in [1.807, 2.05) is 0 Å². The Bertz CT molecular complexity index is 2280. The van der Waals surface area contributed by atoms with E-state index in [0.717, 1.165) is 6.07 Å². The van der Waals surface area contributed by atoms with Gasteiger partial charge in [-0.1, -0.05) is 54.6 Å². The first kappa shape index (κ1) is 41.8. The largest absolute Gasteiger partial charge is 0.482 e. The second kappa shape index (κ2) is 17.7. The van der Waals surface area contributed by atoms with E-state index in [1.54, 1.807) is 93.5 Å². The van der Waals surface area contributed by atoms with Crippen LogP contribution in [0.2, 0.25) is 0 Å². The zero-order valence-corrected chi connectivity index (χ0v) is 33.3. The second-order valence-electron chi connectivity index (χ2n) is 14.2. The number of nitrogens with one attached hydrogen (secondary N) is 1. The fourth-order valence-electron chi connectivity index (χ4n) is 6.57. The van der Waals surface area contributed by atoms with Gasteiger partial charge in [-0.15, -0.1) is 0 Å². The number of ether oxygens (including phenoxy) is 3. The minimum Gasteiger partial charge on any atom is -0.482 e. The Balaban J connectivity index is 1.44. The van der Waals surface area contributed by atoms with Crippen LogP contribution < -0.4 is 25.0 Å². The first-order valence-corrected chi connectivity index (χ1v) is 20.4. The molecular weight excluding hydrogens is 775 g/mol. The van der Waals surface area contributed by atoms with Crippen molar-refractivity contribution in [2.45, 2.75) is 52.1 Å². The molecule has 1 spiro atoms. The molecule has 2 aliphatic heterocycles. The van der Waals surface area contributed by atoms with Crippen LogP contribution in [0.3, 0.4) is 0 Å². The van der Waals surface area contributed by atoms with E-state index in [-0.39, 0.29) is 62.1 Å². The number of likely N-dealkylation sites (N-methyl/N-ethyl adjacent to an activating group) is 1. The van der Waals surface area contributed by atoms with Crippen LogP contribution >= 0.6 is 7.52 Å². The summed E-state index contributed by atoms with van der Waals surface area (Å²) >= 11 is 0. The molecule has 3 atom stereocenters. The van der Waals surface area contributed by atoms with Crippen LogP contribution in [0.15, 0.2) is 94.6 Å². The molecule has 4 aromatic rings. The number of esters is 1. The lowest BCUT2D eigenvalue weighted by atomic mass is 10.0. The number of para-hydroxylation sites is 1. The normalized spacial score (nSPS) is 17.9. The van der Waals surface area contributed by atoms with Gasteiger partial charge in [0.25, 0.3) is 11.8 Å². The summed E-state index contributed by atoms with van der Waals surface area (Å²) in [6.07, 6.45) is 2.01. The fourth-order valence-corrected chi connectivity index (χ4v) is 8.12. The van der Waals surface area contributed by atoms with Gasteiger partial charge in [0.2, 0.25) is 5.43 Å². The predicted molar refractivity (Wildman–Crippen MR) is 211 cm³/mol. The van der Waals surface area contributed by atoms with Crippen LogP contribution in [0.1, 0.15) is 59.2 Å². The van der Waals surface area contributed by atoms with Crippen molar-refractivity contribution in [1.29, 1.82) is 0 Å². The van der Waals surface area contributed by atoms with Gasteiger partial charge in [0.15, 0.2) is 17.1 Å². The molecule has 2 unspecified atom stereocenters. The lowest BCUT2D eigenvalue weighted by Gasteiger charge is -2.52. The minimum absolute atomic E-state index is 0.00241. The number of pyridine rings is 1. The number of carbonyl (C=O) groups is 3. The molecule has 1 saturated heterocycles. The van der Waals surface area contributed by atoms with Gasteiger partial charge in [-0.2, -0.15) is 0 Å². The second-order valence-corrected chi connectivity index (χ2v) is 16.3. The highest BCUT2D eigenvalue weighted by Crippen LogP contribution is 2.49. The standard InChI is InChI=1S/C41H44F2N5O9P/c1-27(2)56-40(52)28(3)22-45-58(53,57-32-13-9-6-10-14-32)20-18-48-41(17-19-54-26-41)46(4)39(51)35-37(55-25-29-11-7-5-8-12-29)36(49)33(24-47(35)48)38(50)44-23-30-15-16-31(42)21-34(30)43/h5-16,21-22,24,27-28H,17-20,23,25-26H2,1-4H3,(H,44,50)/t28?,41-,58?/m0/s1. The number of carbonyl (C=O) groups excluding carboxylic acids is 3. The average molecular weight is 820 g/mol. The Morgan fingerprint density at radius 3 is 2.40 bits per heavy atom. The summed E-state index contributed by atoms with van der Waals surface area (Å²) in [6.45, 7) is 4.51. The molecule has 1 fully saturated rings. The number of hydrogen-bond donors (Lipinski definition) is 1. The molecule has 0 saturated carbocycles. The summed E-state index contributed by atoms with van der Waals surface area (Å²) in [7, 11) is -2.52. The minimum atomic E-state index is -4.07. The highest BCUT2D eigenvalue weighted by atomic mass is 31.2. The SMILES string of the molecule is CC(C)OC(=O)C(C)C=NP(=O)(CCN1n2cc(C(=O)NCc3ccc(F)cc3F)c(=O)c(OCc3ccccc3)c2C(=O)N(C)[C@@]12CCOC2)Oc1ccccc1. The number of rotatable bonds is 15. The number of amides is 2. The van der Waals surface area contributed by atoms with Gasteiger partial charge in [0, 0.05) is 50.6 Å². The molecule has 2 amide bonds. The Morgan fingerprint density at radius 2 is 1.74 bits per heavy atom. The molecule has 306 valence electrons. The topological polar surface area (TPSA) is 158 Å². The van der Waals surface area contributed by atoms with Gasteiger partial charge < -0.3 is 29.0 Å². The average Bonchev–Trinajstić information content (AvgIpc) is 3.69. The summed E-state index contributed by atoms with van der Waals surface area (Å²) in [5.41, 5.74) is -2.16. The van der Waals surface area contributed by atoms with Gasteiger partial charge in [0.1, 0.15) is 29.6 Å². The molecule has 0 bridgehead atoms. The summed E-state index contributed by atoms with van der Waals surface area (Å²) in [5, 5.41) is 4.18. The molecule has 0 aliphatic carbocycles. The number of benzene rings is 3. The van der Waals surface area contributed by atoms with Gasteiger partial charge in [0.05, 0.1) is 31.4 Å². The van der Waals surface area contributed by atoms with E-state index >= 15 is 0 Å². The van der Waals surface area contributed by atoms with E-state index in [2.05, 4.69) is 10.1 Å². The molecule has 1 aromatic heterocycles. The van der Waals surface area contributed by atoms with Crippen LogP contribution in [-0.2, 0) is 32.0 Å². The zero-order chi connectivity index (χ0) is 41.6. The van der Waals surface area contributed by atoms with E-state index in [4.69, 9.17) is 18.7 Å². The molecular formula is C41H44F2N5O9P. The van der Waals surface area contributed by atoms with Gasteiger partial charge in [-0.3, -0.25) is 33.4 Å². The lowest BCUT2D eigenvalue weighted by Crippen LogP contribution is -2.70. The third-order valence-corrected chi connectivity index (χ3v) is 11.4. The van der Waals surface area contributed by atoms with Crippen molar-refractivity contribution in [2.75, 3.05) is 38.0 Å². The Labute approximate surface area is 333 Å². The van der Waals surface area contributed by atoms with Crippen molar-refractivity contribution in [3.8, 4) is 11.5 Å². The molecule has 14 nitrogen and oxygen atoms in total. The van der Waals surface area contributed by atoms with Crippen molar-refractivity contribution in [3.63, 3.8) is 0 Å². The van der Waals surface area contributed by atoms with E-state index < -0.39 is 71.8 Å². The van der Waals surface area contributed by atoms with E-state index in [9.17, 15) is 32.5 Å². The summed E-state index contributed by atoms with van der Waals surface area (Å²) < 4.78 is 71.8. The number of hydrogen-bond acceptors (Lipinski definition) is 10. The Morgan fingerprint density at radius 1 is 1.03 bits per heavy atom. The molecule has 6 rings (SSSR count). The van der Waals surface area contributed by atoms with Gasteiger partial charge in [-0.05, 0) is 44.5 Å². The summed E-state index contributed by atoms with van der Waals surface area (Å²) in [6, 6.07) is 20.1. The maximum atomic E-state index is 14.7. The third kappa shape index (κ3) is 9.13. The monoisotopic (exact) mass is 819 g/mol. The Kier molecular flexibility index (Phi) is 12.8. The lowest BCUT2D eigenvalue weighted by molar-refractivity contribution is -0.149.